The monoisotopic (exact) mass is 528 g/mol. The quantitative estimate of drug-likeness (QED) is 0.286. The van der Waals surface area contributed by atoms with Gasteiger partial charge in [-0.3, -0.25) is 9.79 Å². The van der Waals surface area contributed by atoms with Gasteiger partial charge in [-0.1, -0.05) is 24.6 Å². The first-order valence-corrected chi connectivity index (χ1v) is 11.2. The smallest absolute Gasteiger partial charge is 0.223 e. The molecule has 30 heavy (non-hydrogen) atoms. The Balaban J connectivity index is 0.00000256. The molecule has 1 aromatic carbocycles. The first-order valence-electron chi connectivity index (χ1n) is 11.2. The molecule has 1 amide bonds. The Morgan fingerprint density at radius 3 is 2.57 bits per heavy atom. The lowest BCUT2D eigenvalue weighted by atomic mass is 9.85. The fraction of sp³-hybridized carbons (Fsp3) is 0.652. The van der Waals surface area contributed by atoms with Gasteiger partial charge in [-0.05, 0) is 63.5 Å². The molecule has 0 saturated heterocycles. The Kier molecular flexibility index (Phi) is 7.98. The van der Waals surface area contributed by atoms with E-state index in [-0.39, 0.29) is 53.1 Å². The van der Waals surface area contributed by atoms with E-state index in [1.165, 1.54) is 6.07 Å². The zero-order chi connectivity index (χ0) is 20.3. The van der Waals surface area contributed by atoms with Crippen LogP contribution < -0.4 is 16.0 Å². The second kappa shape index (κ2) is 10.3. The van der Waals surface area contributed by atoms with Crippen LogP contribution >= 0.6 is 24.0 Å². The van der Waals surface area contributed by atoms with Gasteiger partial charge >= 0.3 is 0 Å². The van der Waals surface area contributed by atoms with Gasteiger partial charge in [0.1, 0.15) is 5.82 Å². The summed E-state index contributed by atoms with van der Waals surface area (Å²) >= 11 is 0. The van der Waals surface area contributed by atoms with E-state index >= 15 is 0 Å². The average Bonchev–Trinajstić information content (AvgIpc) is 3.64. The Morgan fingerprint density at radius 2 is 1.90 bits per heavy atom. The van der Waals surface area contributed by atoms with Crippen molar-refractivity contribution >= 4 is 35.8 Å². The number of nitrogens with zero attached hydrogens (tertiary/aromatic N) is 1. The normalized spacial score (nSPS) is 25.1. The zero-order valence-corrected chi connectivity index (χ0v) is 20.1. The number of hydrogen-bond acceptors (Lipinski definition) is 2. The van der Waals surface area contributed by atoms with Crippen molar-refractivity contribution in [1.82, 2.24) is 16.0 Å². The Bertz CT molecular complexity index is 763. The molecule has 0 radical (unpaired) electrons. The van der Waals surface area contributed by atoms with Crippen LogP contribution in [0.1, 0.15) is 63.9 Å². The van der Waals surface area contributed by atoms with Crippen LogP contribution in [0.25, 0.3) is 0 Å². The summed E-state index contributed by atoms with van der Waals surface area (Å²) in [6, 6.07) is 7.74. The molecule has 0 spiro atoms. The molecule has 0 aromatic heterocycles. The minimum Gasteiger partial charge on any atom is -0.357 e. The van der Waals surface area contributed by atoms with Crippen molar-refractivity contribution < 1.29 is 9.18 Å². The van der Waals surface area contributed by atoms with Crippen molar-refractivity contribution in [2.75, 3.05) is 13.1 Å². The van der Waals surface area contributed by atoms with Gasteiger partial charge in [0.05, 0.1) is 6.54 Å². The minimum absolute atomic E-state index is 0. The first kappa shape index (κ1) is 23.3. The Labute approximate surface area is 196 Å². The standard InChI is InChI=1S/C23H33FN4O.HI/c1-2-25-22(26-15-23(12-13-23)19-8-3-4-9-20(19)24)28-18-7-5-6-16(14-18)21(29)27-17-10-11-17;/h3-4,8-9,16-18H,2,5-7,10-15H2,1H3,(H,27,29)(H2,25,26,28);1H. The van der Waals surface area contributed by atoms with Gasteiger partial charge in [0.15, 0.2) is 5.96 Å². The molecule has 1 aromatic rings. The molecule has 3 N–H and O–H groups in total. The van der Waals surface area contributed by atoms with E-state index < -0.39 is 0 Å². The van der Waals surface area contributed by atoms with Crippen LogP contribution in [0.5, 0.6) is 0 Å². The number of guanidine groups is 1. The molecule has 3 aliphatic carbocycles. The first-order chi connectivity index (χ1) is 14.1. The van der Waals surface area contributed by atoms with Gasteiger partial charge < -0.3 is 16.0 Å². The molecule has 0 aliphatic heterocycles. The van der Waals surface area contributed by atoms with Crippen LogP contribution in [0.3, 0.4) is 0 Å². The highest BCUT2D eigenvalue weighted by atomic mass is 127. The zero-order valence-electron chi connectivity index (χ0n) is 17.8. The van der Waals surface area contributed by atoms with E-state index in [4.69, 9.17) is 4.99 Å². The fourth-order valence-corrected chi connectivity index (χ4v) is 4.40. The number of carbonyl (C=O) groups is 1. The van der Waals surface area contributed by atoms with Crippen molar-refractivity contribution in [1.29, 1.82) is 0 Å². The molecule has 2 atom stereocenters. The van der Waals surface area contributed by atoms with Gasteiger partial charge in [0.2, 0.25) is 5.91 Å². The predicted octanol–water partition coefficient (Wildman–Crippen LogP) is 3.87. The summed E-state index contributed by atoms with van der Waals surface area (Å²) < 4.78 is 14.3. The number of aliphatic imine (C=N–C) groups is 1. The van der Waals surface area contributed by atoms with E-state index in [0.717, 1.165) is 69.4 Å². The van der Waals surface area contributed by atoms with Crippen molar-refractivity contribution in [2.45, 2.75) is 75.8 Å². The highest BCUT2D eigenvalue weighted by Crippen LogP contribution is 2.49. The number of hydrogen-bond donors (Lipinski definition) is 3. The van der Waals surface area contributed by atoms with E-state index in [9.17, 15) is 9.18 Å². The lowest BCUT2D eigenvalue weighted by molar-refractivity contribution is -0.126. The molecule has 0 bridgehead atoms. The van der Waals surface area contributed by atoms with Gasteiger partial charge in [-0.2, -0.15) is 0 Å². The number of rotatable bonds is 7. The van der Waals surface area contributed by atoms with E-state index in [1.54, 1.807) is 6.07 Å². The summed E-state index contributed by atoms with van der Waals surface area (Å²) in [6.07, 6.45) is 8.13. The van der Waals surface area contributed by atoms with Gasteiger partial charge in [0, 0.05) is 30.0 Å². The van der Waals surface area contributed by atoms with E-state index in [1.807, 2.05) is 19.1 Å². The van der Waals surface area contributed by atoms with Gasteiger partial charge in [-0.15, -0.1) is 24.0 Å². The number of nitrogens with one attached hydrogen (secondary N) is 3. The summed E-state index contributed by atoms with van der Waals surface area (Å²) in [7, 11) is 0. The fourth-order valence-electron chi connectivity index (χ4n) is 4.40. The maximum Gasteiger partial charge on any atom is 0.223 e. The Morgan fingerprint density at radius 1 is 1.13 bits per heavy atom. The maximum atomic E-state index is 14.3. The highest BCUT2D eigenvalue weighted by Gasteiger charge is 2.45. The molecule has 3 saturated carbocycles. The summed E-state index contributed by atoms with van der Waals surface area (Å²) in [5, 5.41) is 10.0. The van der Waals surface area contributed by atoms with E-state index in [2.05, 4.69) is 16.0 Å². The van der Waals surface area contributed by atoms with Gasteiger partial charge in [0.25, 0.3) is 0 Å². The SMILES string of the molecule is CCNC(=NCC1(c2ccccc2F)CC1)NC1CCCC(C(=O)NC2CC2)C1.I. The molecule has 0 heterocycles. The van der Waals surface area contributed by atoms with Crippen molar-refractivity contribution in [3.8, 4) is 0 Å². The lowest BCUT2D eigenvalue weighted by Gasteiger charge is -2.30. The summed E-state index contributed by atoms with van der Waals surface area (Å²) in [6.45, 7) is 3.41. The highest BCUT2D eigenvalue weighted by molar-refractivity contribution is 14.0. The molecule has 2 unspecified atom stereocenters. The van der Waals surface area contributed by atoms with Crippen LogP contribution in [-0.4, -0.2) is 37.0 Å². The third-order valence-electron chi connectivity index (χ3n) is 6.49. The summed E-state index contributed by atoms with van der Waals surface area (Å²) in [5.41, 5.74) is 0.626. The van der Waals surface area contributed by atoms with Crippen LogP contribution in [0.15, 0.2) is 29.3 Å². The number of benzene rings is 1. The van der Waals surface area contributed by atoms with Crippen LogP contribution in [0.4, 0.5) is 4.39 Å². The third kappa shape index (κ3) is 5.86. The molecule has 7 heteroatoms. The van der Waals surface area contributed by atoms with Crippen LogP contribution in [0.2, 0.25) is 0 Å². The molecular formula is C23H34FIN4O. The Hall–Kier alpha value is -1.38. The average molecular weight is 528 g/mol. The second-order valence-corrected chi connectivity index (χ2v) is 8.94. The predicted molar refractivity (Wildman–Crippen MR) is 129 cm³/mol. The summed E-state index contributed by atoms with van der Waals surface area (Å²) in [5.74, 6) is 0.966. The van der Waals surface area contributed by atoms with Gasteiger partial charge in [-0.25, -0.2) is 4.39 Å². The number of halogens is 2. The minimum atomic E-state index is -0.160. The van der Waals surface area contributed by atoms with Crippen LogP contribution in [0, 0.1) is 11.7 Å². The molecule has 5 nitrogen and oxygen atoms in total. The van der Waals surface area contributed by atoms with Crippen molar-refractivity contribution in [2.24, 2.45) is 10.9 Å². The van der Waals surface area contributed by atoms with Crippen molar-refractivity contribution in [3.63, 3.8) is 0 Å². The lowest BCUT2D eigenvalue weighted by Crippen LogP contribution is -2.47. The molecule has 3 fully saturated rings. The second-order valence-electron chi connectivity index (χ2n) is 8.94. The summed E-state index contributed by atoms with van der Waals surface area (Å²) in [4.78, 5) is 17.3. The third-order valence-corrected chi connectivity index (χ3v) is 6.49. The largest absolute Gasteiger partial charge is 0.357 e. The van der Waals surface area contributed by atoms with Crippen molar-refractivity contribution in [3.05, 3.63) is 35.6 Å². The van der Waals surface area contributed by atoms with E-state index in [0.29, 0.717) is 12.6 Å². The molecule has 166 valence electrons. The van der Waals surface area contributed by atoms with Crippen LogP contribution in [-0.2, 0) is 10.2 Å². The maximum absolute atomic E-state index is 14.3. The number of carbonyl (C=O) groups excluding carboxylic acids is 1. The topological polar surface area (TPSA) is 65.5 Å². The molecular weight excluding hydrogens is 494 g/mol. The molecule has 4 rings (SSSR count). The molecule has 3 aliphatic rings. The number of amides is 1.